The summed E-state index contributed by atoms with van der Waals surface area (Å²) in [7, 11) is 0. The first-order valence-electron chi connectivity index (χ1n) is 6.53. The summed E-state index contributed by atoms with van der Waals surface area (Å²) >= 11 is 0. The number of phenols is 1. The Bertz CT molecular complexity index is 702. The minimum Gasteiger partial charge on any atom is -0.507 e. The first kappa shape index (κ1) is 15.5. The highest BCUT2D eigenvalue weighted by molar-refractivity contribution is 5.98. The van der Waals surface area contributed by atoms with Crippen molar-refractivity contribution >= 4 is 17.6 Å². The van der Waals surface area contributed by atoms with E-state index in [1.807, 2.05) is 0 Å². The molecular weight excluding hydrogens is 289 g/mol. The number of carbonyl (C=O) groups excluding carboxylic acids is 2. The van der Waals surface area contributed by atoms with Gasteiger partial charge in [-0.25, -0.2) is 9.18 Å². The molecule has 0 aliphatic heterocycles. The summed E-state index contributed by atoms with van der Waals surface area (Å²) < 4.78 is 18.4. The average molecular weight is 303 g/mol. The van der Waals surface area contributed by atoms with Gasteiger partial charge in [0, 0.05) is 0 Å². The van der Waals surface area contributed by atoms with Crippen LogP contribution in [-0.2, 0) is 9.53 Å². The molecule has 114 valence electrons. The van der Waals surface area contributed by atoms with E-state index >= 15 is 0 Å². The molecule has 0 heterocycles. The van der Waals surface area contributed by atoms with Gasteiger partial charge in [-0.3, -0.25) is 4.79 Å². The van der Waals surface area contributed by atoms with Gasteiger partial charge in [-0.1, -0.05) is 24.3 Å². The van der Waals surface area contributed by atoms with Crippen molar-refractivity contribution in [1.82, 2.24) is 0 Å². The van der Waals surface area contributed by atoms with Gasteiger partial charge in [0.2, 0.25) is 0 Å². The molecule has 2 aromatic carbocycles. The molecule has 2 rings (SSSR count). The molecule has 1 amide bonds. The molecule has 0 radical (unpaired) electrons. The van der Waals surface area contributed by atoms with Crippen molar-refractivity contribution in [3.05, 3.63) is 59.9 Å². The van der Waals surface area contributed by atoms with Crippen molar-refractivity contribution in [3.8, 4) is 5.75 Å². The van der Waals surface area contributed by atoms with Gasteiger partial charge in [-0.2, -0.15) is 0 Å². The lowest BCUT2D eigenvalue weighted by molar-refractivity contribution is -0.123. The largest absolute Gasteiger partial charge is 0.507 e. The van der Waals surface area contributed by atoms with Crippen molar-refractivity contribution < 1.29 is 23.8 Å². The highest BCUT2D eigenvalue weighted by Crippen LogP contribution is 2.18. The molecule has 0 saturated carbocycles. The summed E-state index contributed by atoms with van der Waals surface area (Å²) in [5.74, 6) is -2.34. The van der Waals surface area contributed by atoms with Crippen LogP contribution in [0.25, 0.3) is 0 Å². The fourth-order valence-corrected chi connectivity index (χ4v) is 1.72. The molecular formula is C16H14FNO4. The Morgan fingerprint density at radius 3 is 2.45 bits per heavy atom. The van der Waals surface area contributed by atoms with Gasteiger partial charge in [0.05, 0.1) is 5.69 Å². The first-order chi connectivity index (χ1) is 10.5. The highest BCUT2D eigenvalue weighted by Gasteiger charge is 2.21. The maximum absolute atomic E-state index is 13.4. The van der Waals surface area contributed by atoms with Crippen molar-refractivity contribution in [2.75, 3.05) is 5.32 Å². The lowest BCUT2D eigenvalue weighted by Crippen LogP contribution is -2.30. The van der Waals surface area contributed by atoms with Crippen LogP contribution in [-0.4, -0.2) is 23.1 Å². The zero-order chi connectivity index (χ0) is 16.1. The lowest BCUT2D eigenvalue weighted by atomic mass is 10.2. The van der Waals surface area contributed by atoms with Crippen LogP contribution in [0.1, 0.15) is 17.3 Å². The Balaban J connectivity index is 2.01. The Morgan fingerprint density at radius 1 is 1.14 bits per heavy atom. The quantitative estimate of drug-likeness (QED) is 0.852. The van der Waals surface area contributed by atoms with Crippen LogP contribution in [0.2, 0.25) is 0 Å². The smallest absolute Gasteiger partial charge is 0.342 e. The third kappa shape index (κ3) is 3.60. The van der Waals surface area contributed by atoms with E-state index in [1.54, 1.807) is 18.2 Å². The summed E-state index contributed by atoms with van der Waals surface area (Å²) in [5, 5.41) is 11.9. The van der Waals surface area contributed by atoms with Crippen LogP contribution < -0.4 is 5.32 Å². The Hall–Kier alpha value is -2.89. The van der Waals surface area contributed by atoms with Gasteiger partial charge < -0.3 is 15.2 Å². The van der Waals surface area contributed by atoms with Gasteiger partial charge in [0.25, 0.3) is 5.91 Å². The Kier molecular flexibility index (Phi) is 4.73. The van der Waals surface area contributed by atoms with E-state index in [0.29, 0.717) is 0 Å². The maximum atomic E-state index is 13.4. The number of esters is 1. The number of benzene rings is 2. The molecule has 2 N–H and O–H groups in total. The van der Waals surface area contributed by atoms with E-state index < -0.39 is 23.8 Å². The summed E-state index contributed by atoms with van der Waals surface area (Å²) in [6, 6.07) is 11.5. The summed E-state index contributed by atoms with van der Waals surface area (Å²) in [6.45, 7) is 1.36. The number of hydrogen-bond donors (Lipinski definition) is 2. The van der Waals surface area contributed by atoms with Crippen molar-refractivity contribution in [2.24, 2.45) is 0 Å². The molecule has 0 spiro atoms. The number of carbonyl (C=O) groups is 2. The molecule has 5 nitrogen and oxygen atoms in total. The first-order valence-corrected chi connectivity index (χ1v) is 6.53. The number of para-hydroxylation sites is 2. The number of nitrogens with one attached hydrogen (secondary N) is 1. The second-order valence-corrected chi connectivity index (χ2v) is 4.53. The van der Waals surface area contributed by atoms with Crippen LogP contribution in [0.5, 0.6) is 5.75 Å². The average Bonchev–Trinajstić information content (AvgIpc) is 2.49. The number of halogens is 1. The van der Waals surface area contributed by atoms with Gasteiger partial charge in [0.1, 0.15) is 17.1 Å². The number of amides is 1. The molecule has 2 aromatic rings. The van der Waals surface area contributed by atoms with Crippen LogP contribution in [0.15, 0.2) is 48.5 Å². The number of anilines is 1. The maximum Gasteiger partial charge on any atom is 0.342 e. The van der Waals surface area contributed by atoms with E-state index in [1.165, 1.54) is 37.3 Å². The normalized spacial score (nSPS) is 11.5. The molecule has 0 unspecified atom stereocenters. The molecule has 0 fully saturated rings. The predicted molar refractivity (Wildman–Crippen MR) is 78.0 cm³/mol. The minimum atomic E-state index is -1.15. The Labute approximate surface area is 126 Å². The summed E-state index contributed by atoms with van der Waals surface area (Å²) in [5.41, 5.74) is -0.0500. The molecule has 0 saturated heterocycles. The summed E-state index contributed by atoms with van der Waals surface area (Å²) in [6.07, 6.45) is -1.15. The molecule has 0 aliphatic carbocycles. The van der Waals surface area contributed by atoms with Crippen LogP contribution in [0.4, 0.5) is 10.1 Å². The monoisotopic (exact) mass is 303 g/mol. The lowest BCUT2D eigenvalue weighted by Gasteiger charge is -2.14. The van der Waals surface area contributed by atoms with E-state index in [0.717, 1.165) is 0 Å². The third-order valence-electron chi connectivity index (χ3n) is 2.91. The fourth-order valence-electron chi connectivity index (χ4n) is 1.72. The fraction of sp³-hybridized carbons (Fsp3) is 0.125. The topological polar surface area (TPSA) is 75.6 Å². The van der Waals surface area contributed by atoms with E-state index in [-0.39, 0.29) is 17.0 Å². The standard InChI is InChI=1S/C16H14FNO4/c1-10(15(20)18-13-8-4-3-7-12(13)17)22-16(21)11-6-2-5-9-14(11)19/h2-10,19H,1H3,(H,18,20)/t10-/m1/s1. The highest BCUT2D eigenvalue weighted by atomic mass is 19.1. The molecule has 6 heteroatoms. The van der Waals surface area contributed by atoms with Crippen molar-refractivity contribution in [3.63, 3.8) is 0 Å². The molecule has 0 aliphatic rings. The van der Waals surface area contributed by atoms with Gasteiger partial charge in [-0.15, -0.1) is 0 Å². The molecule has 1 atom stereocenters. The number of rotatable bonds is 4. The van der Waals surface area contributed by atoms with Crippen LogP contribution >= 0.6 is 0 Å². The summed E-state index contributed by atoms with van der Waals surface area (Å²) in [4.78, 5) is 23.8. The Morgan fingerprint density at radius 2 is 1.77 bits per heavy atom. The van der Waals surface area contributed by atoms with Crippen LogP contribution in [0, 0.1) is 5.82 Å². The zero-order valence-corrected chi connectivity index (χ0v) is 11.7. The zero-order valence-electron chi connectivity index (χ0n) is 11.7. The molecule has 22 heavy (non-hydrogen) atoms. The van der Waals surface area contributed by atoms with Gasteiger partial charge in [-0.05, 0) is 31.2 Å². The number of ether oxygens (including phenoxy) is 1. The third-order valence-corrected chi connectivity index (χ3v) is 2.91. The SMILES string of the molecule is C[C@@H](OC(=O)c1ccccc1O)C(=O)Nc1ccccc1F. The number of aromatic hydroxyl groups is 1. The molecule has 0 aromatic heterocycles. The minimum absolute atomic E-state index is 0.00189. The van der Waals surface area contributed by atoms with Gasteiger partial charge >= 0.3 is 5.97 Å². The van der Waals surface area contributed by atoms with Crippen LogP contribution in [0.3, 0.4) is 0 Å². The van der Waals surface area contributed by atoms with Crippen molar-refractivity contribution in [2.45, 2.75) is 13.0 Å². The van der Waals surface area contributed by atoms with Crippen molar-refractivity contribution in [1.29, 1.82) is 0 Å². The van der Waals surface area contributed by atoms with E-state index in [4.69, 9.17) is 4.74 Å². The van der Waals surface area contributed by atoms with E-state index in [9.17, 15) is 19.1 Å². The second-order valence-electron chi connectivity index (χ2n) is 4.53. The number of phenolic OH excluding ortho intramolecular Hbond substituents is 1. The number of hydrogen-bond acceptors (Lipinski definition) is 4. The van der Waals surface area contributed by atoms with Gasteiger partial charge in [0.15, 0.2) is 6.10 Å². The predicted octanol–water partition coefficient (Wildman–Crippen LogP) is 2.72. The molecule has 0 bridgehead atoms. The second kappa shape index (κ2) is 6.71. The van der Waals surface area contributed by atoms with E-state index in [2.05, 4.69) is 5.32 Å².